The van der Waals surface area contributed by atoms with Gasteiger partial charge in [0.05, 0.1) is 0 Å². The van der Waals surface area contributed by atoms with Crippen LogP contribution in [-0.2, 0) is 10.5 Å². The van der Waals surface area contributed by atoms with E-state index < -0.39 is 6.10 Å². The minimum Gasteiger partial charge on any atom is -0.481 e. The molecule has 0 aliphatic carbocycles. The molecule has 1 unspecified atom stereocenters. The van der Waals surface area contributed by atoms with Crippen molar-refractivity contribution in [2.45, 2.75) is 37.0 Å². The van der Waals surface area contributed by atoms with Gasteiger partial charge in [-0.05, 0) is 61.7 Å². The molecule has 0 bridgehead atoms. The van der Waals surface area contributed by atoms with Gasteiger partial charge in [0.1, 0.15) is 11.6 Å². The Kier molecular flexibility index (Phi) is 7.10. The third-order valence-corrected chi connectivity index (χ3v) is 6.64. The standard InChI is InChI=1S/C20H19ClFN3O2S2/c1-11-8-16(9-12(2)17(11)21)27-13(3)18(26)23-19-24-25-20(29-19)28-10-14-4-6-15(22)7-5-14/h4-9,13H,10H2,1-3H3,(H,23,24,26). The predicted octanol–water partition coefficient (Wildman–Crippen LogP) is 5.65. The van der Waals surface area contributed by atoms with E-state index in [1.807, 2.05) is 13.8 Å². The van der Waals surface area contributed by atoms with Crippen LogP contribution in [0.25, 0.3) is 0 Å². The Morgan fingerprint density at radius 2 is 1.90 bits per heavy atom. The number of anilines is 1. The summed E-state index contributed by atoms with van der Waals surface area (Å²) < 4.78 is 19.4. The number of carbonyl (C=O) groups excluding carboxylic acids is 1. The lowest BCUT2D eigenvalue weighted by molar-refractivity contribution is -0.122. The number of benzene rings is 2. The van der Waals surface area contributed by atoms with Crippen molar-refractivity contribution in [1.82, 2.24) is 10.2 Å². The topological polar surface area (TPSA) is 64.1 Å². The zero-order valence-corrected chi connectivity index (χ0v) is 18.4. The number of hydrogen-bond donors (Lipinski definition) is 1. The van der Waals surface area contributed by atoms with Gasteiger partial charge in [-0.25, -0.2) is 4.39 Å². The van der Waals surface area contributed by atoms with Gasteiger partial charge in [0.25, 0.3) is 5.91 Å². The van der Waals surface area contributed by atoms with Crippen LogP contribution < -0.4 is 10.1 Å². The van der Waals surface area contributed by atoms with Gasteiger partial charge in [0.2, 0.25) is 5.13 Å². The molecule has 152 valence electrons. The number of aryl methyl sites for hydroxylation is 2. The average molecular weight is 452 g/mol. The molecular formula is C20H19ClFN3O2S2. The highest BCUT2D eigenvalue weighted by Crippen LogP contribution is 2.29. The Bertz CT molecular complexity index is 988. The van der Waals surface area contributed by atoms with Gasteiger partial charge in [-0.1, -0.05) is 46.8 Å². The van der Waals surface area contributed by atoms with Gasteiger partial charge < -0.3 is 4.74 Å². The van der Waals surface area contributed by atoms with E-state index in [0.29, 0.717) is 26.0 Å². The van der Waals surface area contributed by atoms with Crippen molar-refractivity contribution >= 4 is 45.7 Å². The first kappa shape index (κ1) is 21.5. The van der Waals surface area contributed by atoms with Gasteiger partial charge in [0, 0.05) is 10.8 Å². The monoisotopic (exact) mass is 451 g/mol. The first-order chi connectivity index (χ1) is 13.8. The van der Waals surface area contributed by atoms with Crippen molar-refractivity contribution in [3.63, 3.8) is 0 Å². The third kappa shape index (κ3) is 5.91. The lowest BCUT2D eigenvalue weighted by atomic mass is 10.1. The highest BCUT2D eigenvalue weighted by atomic mass is 35.5. The van der Waals surface area contributed by atoms with Gasteiger partial charge in [-0.3, -0.25) is 10.1 Å². The fraction of sp³-hybridized carbons (Fsp3) is 0.250. The number of aromatic nitrogens is 2. The maximum atomic E-state index is 13.0. The van der Waals surface area contributed by atoms with Crippen molar-refractivity contribution < 1.29 is 13.9 Å². The fourth-order valence-corrected chi connectivity index (χ4v) is 4.30. The van der Waals surface area contributed by atoms with Gasteiger partial charge in [-0.15, -0.1) is 10.2 Å². The Morgan fingerprint density at radius 1 is 1.24 bits per heavy atom. The number of rotatable bonds is 7. The van der Waals surface area contributed by atoms with Crippen molar-refractivity contribution in [1.29, 1.82) is 0 Å². The van der Waals surface area contributed by atoms with Gasteiger partial charge in [0.15, 0.2) is 10.4 Å². The molecule has 1 amide bonds. The molecule has 0 fully saturated rings. The van der Waals surface area contributed by atoms with Crippen molar-refractivity contribution in [3.8, 4) is 5.75 Å². The van der Waals surface area contributed by atoms with E-state index in [4.69, 9.17) is 16.3 Å². The van der Waals surface area contributed by atoms with Crippen LogP contribution in [0.3, 0.4) is 0 Å². The molecule has 0 saturated heterocycles. The molecule has 1 heterocycles. The Morgan fingerprint density at radius 3 is 2.55 bits per heavy atom. The van der Waals surface area contributed by atoms with Crippen molar-refractivity contribution in [2.24, 2.45) is 0 Å². The number of thioether (sulfide) groups is 1. The van der Waals surface area contributed by atoms with E-state index in [2.05, 4.69) is 15.5 Å². The molecule has 1 aromatic heterocycles. The molecule has 1 atom stereocenters. The summed E-state index contributed by atoms with van der Waals surface area (Å²) in [5, 5.41) is 11.9. The summed E-state index contributed by atoms with van der Waals surface area (Å²) in [6, 6.07) is 9.90. The number of ether oxygens (including phenoxy) is 1. The van der Waals surface area contributed by atoms with Crippen LogP contribution in [0, 0.1) is 19.7 Å². The molecule has 0 aliphatic rings. The highest BCUT2D eigenvalue weighted by Gasteiger charge is 2.18. The Hall–Kier alpha value is -2.16. The first-order valence-electron chi connectivity index (χ1n) is 8.77. The molecule has 0 aliphatic heterocycles. The minimum absolute atomic E-state index is 0.264. The number of nitrogens with one attached hydrogen (secondary N) is 1. The Balaban J connectivity index is 1.54. The van der Waals surface area contributed by atoms with Crippen LogP contribution in [0.15, 0.2) is 40.7 Å². The molecule has 0 radical (unpaired) electrons. The quantitative estimate of drug-likeness (QED) is 0.371. The zero-order valence-electron chi connectivity index (χ0n) is 16.0. The fourth-order valence-electron chi connectivity index (χ4n) is 2.48. The molecule has 9 heteroatoms. The summed E-state index contributed by atoms with van der Waals surface area (Å²) in [6.45, 7) is 5.44. The lowest BCUT2D eigenvalue weighted by Gasteiger charge is -2.15. The average Bonchev–Trinajstić information content (AvgIpc) is 3.13. The number of carbonyl (C=O) groups is 1. The highest BCUT2D eigenvalue weighted by molar-refractivity contribution is 8.00. The molecule has 29 heavy (non-hydrogen) atoms. The molecule has 3 aromatic rings. The van der Waals surface area contributed by atoms with E-state index in [9.17, 15) is 9.18 Å². The summed E-state index contributed by atoms with van der Waals surface area (Å²) in [4.78, 5) is 12.4. The summed E-state index contributed by atoms with van der Waals surface area (Å²) >= 11 is 8.91. The lowest BCUT2D eigenvalue weighted by Crippen LogP contribution is -2.30. The van der Waals surface area contributed by atoms with Gasteiger partial charge >= 0.3 is 0 Å². The number of halogens is 2. The third-order valence-electron chi connectivity index (χ3n) is 4.00. The first-order valence-corrected chi connectivity index (χ1v) is 10.9. The van der Waals surface area contributed by atoms with E-state index in [1.165, 1.54) is 35.2 Å². The maximum absolute atomic E-state index is 13.0. The van der Waals surface area contributed by atoms with Crippen molar-refractivity contribution in [3.05, 3.63) is 63.9 Å². The number of hydrogen-bond acceptors (Lipinski definition) is 6. The minimum atomic E-state index is -0.714. The van der Waals surface area contributed by atoms with Crippen LogP contribution in [-0.4, -0.2) is 22.2 Å². The predicted molar refractivity (Wildman–Crippen MR) is 116 cm³/mol. The summed E-state index contributed by atoms with van der Waals surface area (Å²) in [6.07, 6.45) is -0.714. The smallest absolute Gasteiger partial charge is 0.266 e. The van der Waals surface area contributed by atoms with E-state index >= 15 is 0 Å². The van der Waals surface area contributed by atoms with Crippen LogP contribution in [0.5, 0.6) is 5.75 Å². The molecule has 2 aromatic carbocycles. The zero-order chi connectivity index (χ0) is 21.0. The second-order valence-corrected chi connectivity index (χ2v) is 8.99. The van der Waals surface area contributed by atoms with Gasteiger partial charge in [-0.2, -0.15) is 0 Å². The SMILES string of the molecule is Cc1cc(OC(C)C(=O)Nc2nnc(SCc3ccc(F)cc3)s2)cc(C)c1Cl. The van der Waals surface area contributed by atoms with E-state index in [-0.39, 0.29) is 11.7 Å². The normalized spacial score (nSPS) is 11.9. The summed E-state index contributed by atoms with van der Waals surface area (Å²) in [7, 11) is 0. The van der Waals surface area contributed by atoms with Crippen molar-refractivity contribution in [2.75, 3.05) is 5.32 Å². The van der Waals surface area contributed by atoms with Crippen LogP contribution >= 0.6 is 34.7 Å². The van der Waals surface area contributed by atoms with E-state index in [0.717, 1.165) is 16.7 Å². The van der Waals surface area contributed by atoms with Crippen LogP contribution in [0.2, 0.25) is 5.02 Å². The second kappa shape index (κ2) is 9.56. The number of nitrogens with zero attached hydrogens (tertiary/aromatic N) is 2. The summed E-state index contributed by atoms with van der Waals surface area (Å²) in [5.41, 5.74) is 2.76. The van der Waals surface area contributed by atoms with E-state index in [1.54, 1.807) is 31.2 Å². The Labute approximate surface area is 181 Å². The molecule has 5 nitrogen and oxygen atoms in total. The molecular weight excluding hydrogens is 433 g/mol. The molecule has 0 spiro atoms. The summed E-state index contributed by atoms with van der Waals surface area (Å²) in [5.74, 6) is 0.638. The van der Waals surface area contributed by atoms with Crippen LogP contribution in [0.4, 0.5) is 9.52 Å². The largest absolute Gasteiger partial charge is 0.481 e. The number of amides is 1. The molecule has 3 rings (SSSR count). The second-order valence-electron chi connectivity index (χ2n) is 6.41. The van der Waals surface area contributed by atoms with Crippen LogP contribution in [0.1, 0.15) is 23.6 Å². The molecule has 1 N–H and O–H groups in total. The maximum Gasteiger partial charge on any atom is 0.266 e. The molecule has 0 saturated carbocycles.